The van der Waals surface area contributed by atoms with Crippen LogP contribution in [0.15, 0.2) is 12.7 Å². The summed E-state index contributed by atoms with van der Waals surface area (Å²) in [5, 5.41) is 9.60. The fraction of sp³-hybridized carbons (Fsp3) is 0.767. The number of rotatable bonds is 14. The van der Waals surface area contributed by atoms with Crippen molar-refractivity contribution in [1.82, 2.24) is 30.5 Å². The van der Waals surface area contributed by atoms with Gasteiger partial charge in [-0.05, 0) is 28.6 Å². The molecule has 0 radical (unpaired) electrons. The molecule has 1 heterocycles. The van der Waals surface area contributed by atoms with Crippen molar-refractivity contribution in [2.45, 2.75) is 85.2 Å². The zero-order valence-electron chi connectivity index (χ0n) is 28.4. The van der Waals surface area contributed by atoms with Gasteiger partial charge in [-0.25, -0.2) is 17.5 Å². The van der Waals surface area contributed by atoms with E-state index in [4.69, 9.17) is 0 Å². The Morgan fingerprint density at radius 1 is 1.06 bits per heavy atom. The van der Waals surface area contributed by atoms with Gasteiger partial charge in [0.2, 0.25) is 27.6 Å². The number of urea groups is 1. The molecule has 1 saturated heterocycles. The van der Waals surface area contributed by atoms with E-state index in [0.717, 1.165) is 10.6 Å². The van der Waals surface area contributed by atoms with Gasteiger partial charge in [0, 0.05) is 32.7 Å². The minimum atomic E-state index is -4.91. The van der Waals surface area contributed by atoms with E-state index in [0.29, 0.717) is 0 Å². The topological polar surface area (TPSA) is 174 Å². The molecular weight excluding hydrogens is 645 g/mol. The molecule has 0 aromatic carbocycles. The first kappa shape index (κ1) is 40.0. The van der Waals surface area contributed by atoms with Crippen LogP contribution in [0.3, 0.4) is 0 Å². The molecule has 2 aliphatic rings. The highest BCUT2D eigenvalue weighted by molar-refractivity contribution is 7.88. The van der Waals surface area contributed by atoms with E-state index in [1.807, 2.05) is 13.8 Å². The highest BCUT2D eigenvalue weighted by Crippen LogP contribution is 2.65. The Hall–Kier alpha value is -3.21. The first-order valence-electron chi connectivity index (χ1n) is 15.3. The largest absolute Gasteiger partial charge is 0.391 e. The normalized spacial score (nSPS) is 22.5. The number of hydrogen-bond acceptors (Lipinski definition) is 7. The van der Waals surface area contributed by atoms with Crippen LogP contribution in [-0.2, 0) is 29.2 Å². The van der Waals surface area contributed by atoms with E-state index < -0.39 is 93.1 Å². The van der Waals surface area contributed by atoms with Crippen LogP contribution in [0, 0.1) is 28.6 Å². The Bertz CT molecular complexity index is 1350. The Morgan fingerprint density at radius 3 is 2.11 bits per heavy atom. The Labute approximate surface area is 274 Å². The second kappa shape index (κ2) is 14.5. The molecule has 0 aromatic heterocycles. The molecule has 0 spiro atoms. The second-order valence-electron chi connectivity index (χ2n) is 14.4. The third kappa shape index (κ3) is 10.1. The molecule has 2 fully saturated rings. The fourth-order valence-corrected chi connectivity index (χ4v) is 6.34. The highest BCUT2D eigenvalue weighted by atomic mass is 32.2. The summed E-state index contributed by atoms with van der Waals surface area (Å²) in [4.78, 5) is 67.2. The average Bonchev–Trinajstić information content (AvgIpc) is 3.23. The molecule has 1 aliphatic carbocycles. The van der Waals surface area contributed by atoms with Gasteiger partial charge in [-0.1, -0.05) is 54.5 Å². The number of carbonyl (C=O) groups excluding carboxylic acids is 5. The summed E-state index contributed by atoms with van der Waals surface area (Å²) in [5.41, 5.74) is -1.35. The van der Waals surface area contributed by atoms with Crippen LogP contribution in [-0.4, -0.2) is 110 Å². The summed E-state index contributed by atoms with van der Waals surface area (Å²) in [7, 11) is -2.17. The van der Waals surface area contributed by atoms with Crippen LogP contribution in [0.4, 0.5) is 18.0 Å². The molecule has 268 valence electrons. The number of hydrogen-bond donors (Lipinski definition) is 4. The monoisotopic (exact) mass is 694 g/mol. The number of ketones is 1. The minimum absolute atomic E-state index is 0.0334. The number of carbonyl (C=O) groups is 5. The van der Waals surface area contributed by atoms with Gasteiger partial charge in [-0.2, -0.15) is 13.2 Å². The predicted molar refractivity (Wildman–Crippen MR) is 168 cm³/mol. The number of halogens is 3. The van der Waals surface area contributed by atoms with Gasteiger partial charge in [0.15, 0.2) is 0 Å². The van der Waals surface area contributed by atoms with Crippen molar-refractivity contribution in [3.63, 3.8) is 0 Å². The molecule has 1 unspecified atom stereocenters. The summed E-state index contributed by atoms with van der Waals surface area (Å²) in [6, 6.07) is -6.10. The summed E-state index contributed by atoms with van der Waals surface area (Å²) < 4.78 is 65.3. The molecule has 1 aliphatic heterocycles. The average molecular weight is 695 g/mol. The maximum Gasteiger partial charge on any atom is 0.391 e. The number of nitrogens with one attached hydrogen (secondary N) is 4. The molecule has 13 nitrogen and oxygen atoms in total. The first-order chi connectivity index (χ1) is 21.2. The molecule has 4 N–H and O–H groups in total. The summed E-state index contributed by atoms with van der Waals surface area (Å²) in [6.07, 6.45) is -4.43. The van der Waals surface area contributed by atoms with Crippen LogP contribution in [0.25, 0.3) is 0 Å². The van der Waals surface area contributed by atoms with Crippen LogP contribution in [0.2, 0.25) is 0 Å². The van der Waals surface area contributed by atoms with E-state index in [9.17, 15) is 45.6 Å². The molecule has 0 aromatic rings. The Balaban J connectivity index is 2.36. The van der Waals surface area contributed by atoms with E-state index >= 15 is 0 Å². The number of fused-ring (bicyclic) bond motifs is 1. The van der Waals surface area contributed by atoms with Gasteiger partial charge in [-0.3, -0.25) is 19.2 Å². The summed E-state index contributed by atoms with van der Waals surface area (Å²) >= 11 is 0. The van der Waals surface area contributed by atoms with Crippen molar-refractivity contribution in [2.75, 3.05) is 32.9 Å². The number of nitrogens with zero attached hydrogens (tertiary/aromatic N) is 2. The highest BCUT2D eigenvalue weighted by Gasteiger charge is 2.70. The van der Waals surface area contributed by atoms with Gasteiger partial charge >= 0.3 is 12.2 Å². The van der Waals surface area contributed by atoms with Crippen LogP contribution in [0.1, 0.15) is 54.9 Å². The Kier molecular flexibility index (Phi) is 12.3. The van der Waals surface area contributed by atoms with Crippen LogP contribution >= 0.6 is 0 Å². The number of amides is 5. The molecule has 5 amide bonds. The smallest absolute Gasteiger partial charge is 0.346 e. The van der Waals surface area contributed by atoms with Gasteiger partial charge in [0.1, 0.15) is 18.1 Å². The molecule has 0 bridgehead atoms. The van der Waals surface area contributed by atoms with Crippen molar-refractivity contribution >= 4 is 39.6 Å². The Morgan fingerprint density at radius 2 is 1.64 bits per heavy atom. The number of Topliss-reactive ketones (excluding diaryl/α,β-unsaturated/α-hetero) is 1. The van der Waals surface area contributed by atoms with E-state index in [-0.39, 0.29) is 31.5 Å². The van der Waals surface area contributed by atoms with E-state index in [2.05, 4.69) is 27.8 Å². The lowest BCUT2D eigenvalue weighted by atomic mass is 9.85. The summed E-state index contributed by atoms with van der Waals surface area (Å²) in [6.45, 7) is 15.6. The lowest BCUT2D eigenvalue weighted by Gasteiger charge is -2.38. The van der Waals surface area contributed by atoms with Gasteiger partial charge < -0.3 is 26.2 Å². The number of piperidine rings is 1. The van der Waals surface area contributed by atoms with Gasteiger partial charge in [-0.15, -0.1) is 6.58 Å². The maximum absolute atomic E-state index is 14.1. The second-order valence-corrected chi connectivity index (χ2v) is 16.5. The standard InChI is InChI=1S/C30H49F3N6O7S/c1-11-12-34-25(42)22(40)18(13-30(31,32)33)35-24(41)21-20-17(29(20,7)8)14-39(21)26(43)23(28(4,5)6)37-27(44)36-19(16(2)3)15-38(9)47(10,45)46/h11,16-21,23H,1,12-15H2,2-10H3,(H,34,42)(H,35,41)(H2,36,37,44)/t17-,18?,19+,20-,21-,23+/m0/s1. The lowest BCUT2D eigenvalue weighted by molar-refractivity contribution is -0.155. The third-order valence-electron chi connectivity index (χ3n) is 8.99. The van der Waals surface area contributed by atoms with Crippen molar-refractivity contribution < 1.29 is 45.6 Å². The zero-order chi connectivity index (χ0) is 36.4. The number of likely N-dealkylation sites (N-methyl/N-ethyl adjacent to an activating group) is 1. The molecule has 6 atom stereocenters. The minimum Gasteiger partial charge on any atom is -0.346 e. The molecule has 17 heteroatoms. The maximum atomic E-state index is 14.1. The molecule has 47 heavy (non-hydrogen) atoms. The SMILES string of the molecule is C=CCNC(=O)C(=O)C(CC(F)(F)F)NC(=O)[C@@H]1[C@@H]2[C@H](CN1C(=O)[C@@H](NC(=O)N[C@H](CN(C)S(C)(=O)=O)C(C)C)C(C)(C)C)C2(C)C. The zero-order valence-corrected chi connectivity index (χ0v) is 29.3. The lowest BCUT2D eigenvalue weighted by Crippen LogP contribution is -2.62. The van der Waals surface area contributed by atoms with Crippen molar-refractivity contribution in [1.29, 1.82) is 0 Å². The van der Waals surface area contributed by atoms with Crippen molar-refractivity contribution in [3.05, 3.63) is 12.7 Å². The van der Waals surface area contributed by atoms with Gasteiger partial charge in [0.05, 0.1) is 12.7 Å². The molecule has 1 saturated carbocycles. The third-order valence-corrected chi connectivity index (χ3v) is 10.3. The molecular formula is C30H49F3N6O7S. The first-order valence-corrected chi connectivity index (χ1v) is 17.2. The summed E-state index contributed by atoms with van der Waals surface area (Å²) in [5.74, 6) is -5.32. The fourth-order valence-electron chi connectivity index (χ4n) is 5.91. The number of sulfonamides is 1. The number of alkyl halides is 3. The van der Waals surface area contributed by atoms with Crippen LogP contribution in [0.5, 0.6) is 0 Å². The van der Waals surface area contributed by atoms with E-state index in [1.165, 1.54) is 18.0 Å². The number of likely N-dealkylation sites (tertiary alicyclic amines) is 1. The van der Waals surface area contributed by atoms with Gasteiger partial charge in [0.25, 0.3) is 5.91 Å². The predicted octanol–water partition coefficient (Wildman–Crippen LogP) is 1.41. The van der Waals surface area contributed by atoms with E-state index in [1.54, 1.807) is 34.6 Å². The van der Waals surface area contributed by atoms with Crippen molar-refractivity contribution in [3.8, 4) is 0 Å². The van der Waals surface area contributed by atoms with Crippen LogP contribution < -0.4 is 21.3 Å². The quantitative estimate of drug-likeness (QED) is 0.157. The molecule has 2 rings (SSSR count). The van der Waals surface area contributed by atoms with Crippen molar-refractivity contribution in [2.24, 2.45) is 28.6 Å².